The van der Waals surface area contributed by atoms with Crippen molar-refractivity contribution in [3.63, 3.8) is 0 Å². The van der Waals surface area contributed by atoms with Gasteiger partial charge < -0.3 is 9.84 Å². The van der Waals surface area contributed by atoms with Gasteiger partial charge in [0.1, 0.15) is 17.4 Å². The Morgan fingerprint density at radius 2 is 2.15 bits per heavy atom. The van der Waals surface area contributed by atoms with E-state index in [1.165, 1.54) is 11.3 Å². The molecule has 0 bridgehead atoms. The third kappa shape index (κ3) is 3.81. The van der Waals surface area contributed by atoms with E-state index >= 15 is 0 Å². The molecule has 0 fully saturated rings. The number of hydrogen-bond acceptors (Lipinski definition) is 4. The first-order valence-corrected chi connectivity index (χ1v) is 7.31. The molecule has 0 aliphatic rings. The van der Waals surface area contributed by atoms with Gasteiger partial charge in [0.25, 0.3) is 0 Å². The Hall–Kier alpha value is -1.88. The molecule has 1 heterocycles. The standard InChI is InChI=1S/C15H17NO3S/c1-10(2)12-5-3-4-6-13(12)19-8-14-16-11(9-20-14)7-15(17)18/h3-6,9-10H,7-8H2,1-2H3,(H,17,18). The van der Waals surface area contributed by atoms with Gasteiger partial charge in [-0.3, -0.25) is 4.79 Å². The number of ether oxygens (including phenoxy) is 1. The summed E-state index contributed by atoms with van der Waals surface area (Å²) in [6, 6.07) is 7.94. The highest BCUT2D eigenvalue weighted by molar-refractivity contribution is 7.09. The van der Waals surface area contributed by atoms with Gasteiger partial charge in [0.05, 0.1) is 12.1 Å². The van der Waals surface area contributed by atoms with Gasteiger partial charge in [0.2, 0.25) is 0 Å². The molecule has 0 aliphatic carbocycles. The topological polar surface area (TPSA) is 59.4 Å². The Labute approximate surface area is 122 Å². The van der Waals surface area contributed by atoms with Crippen LogP contribution in [0, 0.1) is 0 Å². The van der Waals surface area contributed by atoms with Crippen molar-refractivity contribution in [1.82, 2.24) is 4.98 Å². The van der Waals surface area contributed by atoms with Gasteiger partial charge in [-0.15, -0.1) is 11.3 Å². The minimum atomic E-state index is -0.868. The lowest BCUT2D eigenvalue weighted by atomic mass is 10.0. The fourth-order valence-corrected chi connectivity index (χ4v) is 2.58. The summed E-state index contributed by atoms with van der Waals surface area (Å²) < 4.78 is 5.80. The van der Waals surface area contributed by atoms with E-state index in [0.29, 0.717) is 18.2 Å². The number of aliphatic carboxylic acids is 1. The minimum absolute atomic E-state index is 0.0426. The van der Waals surface area contributed by atoms with Crippen LogP contribution in [0.2, 0.25) is 0 Å². The predicted molar refractivity (Wildman–Crippen MR) is 78.3 cm³/mol. The molecule has 0 saturated heterocycles. The number of benzene rings is 1. The smallest absolute Gasteiger partial charge is 0.309 e. The molecule has 5 heteroatoms. The van der Waals surface area contributed by atoms with Crippen LogP contribution in [0.4, 0.5) is 0 Å². The van der Waals surface area contributed by atoms with Crippen molar-refractivity contribution in [1.29, 1.82) is 0 Å². The predicted octanol–water partition coefficient (Wildman–Crippen LogP) is 3.47. The van der Waals surface area contributed by atoms with Gasteiger partial charge >= 0.3 is 5.97 Å². The van der Waals surface area contributed by atoms with Gasteiger partial charge in [-0.1, -0.05) is 32.0 Å². The normalized spacial score (nSPS) is 10.8. The summed E-state index contributed by atoms with van der Waals surface area (Å²) in [5.74, 6) is 0.385. The number of thiazole rings is 1. The van der Waals surface area contributed by atoms with E-state index in [2.05, 4.69) is 24.9 Å². The molecule has 0 atom stereocenters. The first-order chi connectivity index (χ1) is 9.56. The van der Waals surface area contributed by atoms with Crippen LogP contribution in [0.3, 0.4) is 0 Å². The fourth-order valence-electron chi connectivity index (χ4n) is 1.88. The molecule has 2 rings (SSSR count). The Kier molecular flexibility index (Phi) is 4.74. The van der Waals surface area contributed by atoms with Crippen molar-refractivity contribution < 1.29 is 14.6 Å². The van der Waals surface area contributed by atoms with Crippen LogP contribution in [-0.2, 0) is 17.8 Å². The van der Waals surface area contributed by atoms with Crippen LogP contribution >= 0.6 is 11.3 Å². The molecule has 1 aromatic heterocycles. The summed E-state index contributed by atoms with van der Waals surface area (Å²) in [5.41, 5.74) is 1.74. The first kappa shape index (κ1) is 14.5. The van der Waals surface area contributed by atoms with Gasteiger partial charge in [-0.25, -0.2) is 4.98 Å². The Bertz CT molecular complexity index is 592. The van der Waals surface area contributed by atoms with Gasteiger partial charge in [0, 0.05) is 5.38 Å². The quantitative estimate of drug-likeness (QED) is 0.885. The second-order valence-electron chi connectivity index (χ2n) is 4.78. The van der Waals surface area contributed by atoms with Gasteiger partial charge in [-0.05, 0) is 17.5 Å². The van der Waals surface area contributed by atoms with Crippen LogP contribution < -0.4 is 4.74 Å². The molecule has 20 heavy (non-hydrogen) atoms. The maximum absolute atomic E-state index is 10.6. The number of hydrogen-bond donors (Lipinski definition) is 1. The average molecular weight is 291 g/mol. The lowest BCUT2D eigenvalue weighted by molar-refractivity contribution is -0.136. The van der Waals surface area contributed by atoms with E-state index in [-0.39, 0.29) is 6.42 Å². The zero-order chi connectivity index (χ0) is 14.5. The largest absolute Gasteiger partial charge is 0.486 e. The lowest BCUT2D eigenvalue weighted by Gasteiger charge is -2.12. The van der Waals surface area contributed by atoms with Gasteiger partial charge in [0.15, 0.2) is 0 Å². The number of rotatable bonds is 6. The van der Waals surface area contributed by atoms with Crippen LogP contribution in [0.25, 0.3) is 0 Å². The summed E-state index contributed by atoms with van der Waals surface area (Å²) in [6.07, 6.45) is -0.0426. The molecule has 0 aliphatic heterocycles. The number of para-hydroxylation sites is 1. The summed E-state index contributed by atoms with van der Waals surface area (Å²) in [6.45, 7) is 4.61. The third-order valence-electron chi connectivity index (χ3n) is 2.82. The van der Waals surface area contributed by atoms with E-state index < -0.39 is 5.97 Å². The minimum Gasteiger partial charge on any atom is -0.486 e. The second kappa shape index (κ2) is 6.52. The molecule has 0 saturated carbocycles. The maximum atomic E-state index is 10.6. The van der Waals surface area contributed by atoms with Gasteiger partial charge in [-0.2, -0.15) is 0 Å². The van der Waals surface area contributed by atoms with E-state index in [1.807, 2.05) is 18.2 Å². The van der Waals surface area contributed by atoms with E-state index in [0.717, 1.165) is 16.3 Å². The second-order valence-corrected chi connectivity index (χ2v) is 5.73. The maximum Gasteiger partial charge on any atom is 0.309 e. The average Bonchev–Trinajstić information content (AvgIpc) is 2.83. The molecule has 1 N–H and O–H groups in total. The fraction of sp³-hybridized carbons (Fsp3) is 0.333. The van der Waals surface area contributed by atoms with Crippen molar-refractivity contribution in [3.05, 3.63) is 45.9 Å². The molecule has 0 unspecified atom stereocenters. The van der Waals surface area contributed by atoms with E-state index in [4.69, 9.17) is 9.84 Å². The van der Waals surface area contributed by atoms with Crippen LogP contribution in [0.1, 0.15) is 36.0 Å². The van der Waals surface area contributed by atoms with Crippen LogP contribution in [-0.4, -0.2) is 16.1 Å². The monoisotopic (exact) mass is 291 g/mol. The summed E-state index contributed by atoms with van der Waals surface area (Å²) in [7, 11) is 0. The Morgan fingerprint density at radius 3 is 2.85 bits per heavy atom. The molecule has 106 valence electrons. The number of carbonyl (C=O) groups is 1. The lowest BCUT2D eigenvalue weighted by Crippen LogP contribution is -2.02. The molecular weight excluding hydrogens is 274 g/mol. The summed E-state index contributed by atoms with van der Waals surface area (Å²) >= 11 is 1.43. The number of aromatic nitrogens is 1. The summed E-state index contributed by atoms with van der Waals surface area (Å²) in [5, 5.41) is 11.3. The van der Waals surface area contributed by atoms with Crippen molar-refractivity contribution in [2.24, 2.45) is 0 Å². The van der Waals surface area contributed by atoms with Crippen molar-refractivity contribution in [2.75, 3.05) is 0 Å². The zero-order valence-electron chi connectivity index (χ0n) is 11.5. The highest BCUT2D eigenvalue weighted by atomic mass is 32.1. The third-order valence-corrected chi connectivity index (χ3v) is 3.69. The van der Waals surface area contributed by atoms with E-state index in [1.54, 1.807) is 5.38 Å². The van der Waals surface area contributed by atoms with Crippen molar-refractivity contribution in [2.45, 2.75) is 32.8 Å². The molecule has 2 aromatic rings. The zero-order valence-corrected chi connectivity index (χ0v) is 12.3. The molecule has 0 radical (unpaired) electrons. The van der Waals surface area contributed by atoms with Crippen molar-refractivity contribution in [3.8, 4) is 5.75 Å². The molecule has 0 amide bonds. The number of nitrogens with zero attached hydrogens (tertiary/aromatic N) is 1. The SMILES string of the molecule is CC(C)c1ccccc1OCc1nc(CC(=O)O)cs1. The van der Waals surface area contributed by atoms with E-state index in [9.17, 15) is 4.79 Å². The van der Waals surface area contributed by atoms with Crippen LogP contribution in [0.15, 0.2) is 29.6 Å². The Morgan fingerprint density at radius 1 is 1.40 bits per heavy atom. The van der Waals surface area contributed by atoms with Crippen LogP contribution in [0.5, 0.6) is 5.75 Å². The number of carboxylic acid groups (broad SMARTS) is 1. The highest BCUT2D eigenvalue weighted by Gasteiger charge is 2.09. The Balaban J connectivity index is 2.02. The molecule has 4 nitrogen and oxygen atoms in total. The number of carboxylic acids is 1. The molecule has 1 aromatic carbocycles. The molecule has 0 spiro atoms. The summed E-state index contributed by atoms with van der Waals surface area (Å²) in [4.78, 5) is 14.9. The van der Waals surface area contributed by atoms with Crippen molar-refractivity contribution >= 4 is 17.3 Å². The first-order valence-electron chi connectivity index (χ1n) is 6.43. The highest BCUT2D eigenvalue weighted by Crippen LogP contribution is 2.26. The molecular formula is C15H17NO3S.